The van der Waals surface area contributed by atoms with Crippen LogP contribution in [-0.2, 0) is 0 Å². The second kappa shape index (κ2) is 7.20. The maximum atomic E-state index is 9.75. The van der Waals surface area contributed by atoms with Crippen LogP contribution in [0.4, 0.5) is 5.69 Å². The Balaban J connectivity index is 2.11. The van der Waals surface area contributed by atoms with E-state index >= 15 is 0 Å². The van der Waals surface area contributed by atoms with Crippen LogP contribution in [0.25, 0.3) is 0 Å². The lowest BCUT2D eigenvalue weighted by Gasteiger charge is -2.08. The Bertz CT molecular complexity index is 643. The van der Waals surface area contributed by atoms with Crippen LogP contribution in [0.3, 0.4) is 0 Å². The number of hydrogen-bond acceptors (Lipinski definition) is 4. The monoisotopic (exact) mass is 324 g/mol. The van der Waals surface area contributed by atoms with Crippen molar-refractivity contribution in [2.45, 2.75) is 6.92 Å². The zero-order chi connectivity index (χ0) is 15.2. The van der Waals surface area contributed by atoms with Gasteiger partial charge in [0.15, 0.2) is 11.5 Å². The minimum absolute atomic E-state index is 0.0682. The van der Waals surface area contributed by atoms with E-state index < -0.39 is 0 Å². The van der Waals surface area contributed by atoms with Crippen LogP contribution in [-0.4, -0.2) is 17.9 Å². The van der Waals surface area contributed by atoms with Gasteiger partial charge in [-0.05, 0) is 48.9 Å². The standard InChI is InChI=1S/C15H14Cl2N2O2/c1-2-21-14-8-10(7-13(17)15(14)20)9-18-19-12-5-3-11(16)4-6-12/h3-9,19-20H,2H2,1H3. The Kier molecular flexibility index (Phi) is 5.31. The van der Waals surface area contributed by atoms with Gasteiger partial charge in [-0.2, -0.15) is 5.10 Å². The molecule has 2 aromatic carbocycles. The number of benzene rings is 2. The van der Waals surface area contributed by atoms with Crippen LogP contribution in [0.2, 0.25) is 10.0 Å². The van der Waals surface area contributed by atoms with E-state index in [0.717, 1.165) is 5.69 Å². The highest BCUT2D eigenvalue weighted by atomic mass is 35.5. The summed E-state index contributed by atoms with van der Waals surface area (Å²) in [5, 5.41) is 14.7. The smallest absolute Gasteiger partial charge is 0.176 e. The molecule has 0 aromatic heterocycles. The number of nitrogens with one attached hydrogen (secondary N) is 1. The van der Waals surface area contributed by atoms with E-state index in [0.29, 0.717) is 22.9 Å². The van der Waals surface area contributed by atoms with Crippen molar-refractivity contribution >= 4 is 35.1 Å². The van der Waals surface area contributed by atoms with Crippen LogP contribution in [0.5, 0.6) is 11.5 Å². The lowest BCUT2D eigenvalue weighted by molar-refractivity contribution is 0.318. The van der Waals surface area contributed by atoms with Crippen LogP contribution in [0, 0.1) is 0 Å². The van der Waals surface area contributed by atoms with Crippen molar-refractivity contribution in [1.82, 2.24) is 0 Å². The van der Waals surface area contributed by atoms with Crippen molar-refractivity contribution in [3.8, 4) is 11.5 Å². The van der Waals surface area contributed by atoms with Crippen molar-refractivity contribution in [3.05, 3.63) is 52.0 Å². The number of ether oxygens (including phenoxy) is 1. The number of hydrazone groups is 1. The summed E-state index contributed by atoms with van der Waals surface area (Å²) in [6, 6.07) is 10.4. The fraction of sp³-hybridized carbons (Fsp3) is 0.133. The zero-order valence-corrected chi connectivity index (χ0v) is 12.8. The first-order chi connectivity index (χ1) is 10.1. The predicted molar refractivity (Wildman–Crippen MR) is 87.0 cm³/mol. The molecule has 0 fully saturated rings. The minimum atomic E-state index is -0.0682. The third-order valence-corrected chi connectivity index (χ3v) is 3.14. The molecule has 2 aromatic rings. The van der Waals surface area contributed by atoms with Gasteiger partial charge in [0.2, 0.25) is 0 Å². The highest BCUT2D eigenvalue weighted by Gasteiger charge is 2.08. The fourth-order valence-corrected chi connectivity index (χ4v) is 1.98. The summed E-state index contributed by atoms with van der Waals surface area (Å²) in [6.45, 7) is 2.27. The molecule has 0 saturated heterocycles. The molecule has 0 saturated carbocycles. The van der Waals surface area contributed by atoms with Crippen LogP contribution >= 0.6 is 23.2 Å². The summed E-state index contributed by atoms with van der Waals surface area (Å²) in [4.78, 5) is 0. The van der Waals surface area contributed by atoms with Crippen molar-refractivity contribution in [2.75, 3.05) is 12.0 Å². The quantitative estimate of drug-likeness (QED) is 0.627. The van der Waals surface area contributed by atoms with E-state index in [1.165, 1.54) is 0 Å². The lowest BCUT2D eigenvalue weighted by atomic mass is 10.2. The van der Waals surface area contributed by atoms with Crippen molar-refractivity contribution in [2.24, 2.45) is 5.10 Å². The summed E-state index contributed by atoms with van der Waals surface area (Å²) < 4.78 is 5.30. The molecule has 0 aliphatic heterocycles. The molecule has 0 spiro atoms. The maximum absolute atomic E-state index is 9.75. The molecule has 0 radical (unpaired) electrons. The molecule has 21 heavy (non-hydrogen) atoms. The topological polar surface area (TPSA) is 53.8 Å². The Morgan fingerprint density at radius 2 is 1.95 bits per heavy atom. The van der Waals surface area contributed by atoms with Crippen molar-refractivity contribution < 1.29 is 9.84 Å². The van der Waals surface area contributed by atoms with Gasteiger partial charge < -0.3 is 9.84 Å². The minimum Gasteiger partial charge on any atom is -0.503 e. The summed E-state index contributed by atoms with van der Waals surface area (Å²) in [5.41, 5.74) is 4.39. The third kappa shape index (κ3) is 4.28. The second-order valence-electron chi connectivity index (χ2n) is 4.16. The van der Waals surface area contributed by atoms with Gasteiger partial charge in [0.1, 0.15) is 0 Å². The van der Waals surface area contributed by atoms with Crippen LogP contribution in [0.15, 0.2) is 41.5 Å². The average Bonchev–Trinajstić information content (AvgIpc) is 2.46. The average molecular weight is 325 g/mol. The molecule has 0 aliphatic carbocycles. The predicted octanol–water partition coefficient (Wildman–Crippen LogP) is 4.54. The van der Waals surface area contributed by atoms with Crippen molar-refractivity contribution in [3.63, 3.8) is 0 Å². The Hall–Kier alpha value is -1.91. The van der Waals surface area contributed by atoms with Gasteiger partial charge in [-0.15, -0.1) is 0 Å². The molecule has 0 amide bonds. The summed E-state index contributed by atoms with van der Waals surface area (Å²) in [6.07, 6.45) is 1.59. The first kappa shape index (κ1) is 15.5. The highest BCUT2D eigenvalue weighted by Crippen LogP contribution is 2.34. The number of nitrogens with zero attached hydrogens (tertiary/aromatic N) is 1. The van der Waals surface area contributed by atoms with E-state index in [-0.39, 0.29) is 10.8 Å². The number of anilines is 1. The second-order valence-corrected chi connectivity index (χ2v) is 5.00. The molecule has 0 unspecified atom stereocenters. The number of aromatic hydroxyl groups is 1. The number of rotatable bonds is 5. The highest BCUT2D eigenvalue weighted by molar-refractivity contribution is 6.32. The third-order valence-electron chi connectivity index (χ3n) is 2.60. The lowest BCUT2D eigenvalue weighted by Crippen LogP contribution is -1.95. The number of hydrogen-bond donors (Lipinski definition) is 2. The summed E-state index contributed by atoms with van der Waals surface area (Å²) in [7, 11) is 0. The van der Waals surface area contributed by atoms with E-state index in [1.54, 1.807) is 30.5 Å². The van der Waals surface area contributed by atoms with Gasteiger partial charge in [0.05, 0.1) is 23.5 Å². The van der Waals surface area contributed by atoms with Crippen LogP contribution in [0.1, 0.15) is 12.5 Å². The van der Waals surface area contributed by atoms with Gasteiger partial charge in [-0.3, -0.25) is 5.43 Å². The van der Waals surface area contributed by atoms with Gasteiger partial charge in [0, 0.05) is 5.02 Å². The first-order valence-corrected chi connectivity index (χ1v) is 7.05. The summed E-state index contributed by atoms with van der Waals surface area (Å²) >= 11 is 11.7. The molecule has 2 N–H and O–H groups in total. The van der Waals surface area contributed by atoms with E-state index in [9.17, 15) is 5.11 Å². The SMILES string of the molecule is CCOc1cc(C=NNc2ccc(Cl)cc2)cc(Cl)c1O. The number of halogens is 2. The first-order valence-electron chi connectivity index (χ1n) is 6.30. The van der Waals surface area contributed by atoms with Gasteiger partial charge in [-0.25, -0.2) is 0 Å². The van der Waals surface area contributed by atoms with Crippen molar-refractivity contribution in [1.29, 1.82) is 0 Å². The molecule has 110 valence electrons. The number of phenols is 1. The molecular formula is C15H14Cl2N2O2. The van der Waals surface area contributed by atoms with E-state index in [1.807, 2.05) is 19.1 Å². The van der Waals surface area contributed by atoms with Crippen LogP contribution < -0.4 is 10.2 Å². The van der Waals surface area contributed by atoms with E-state index in [2.05, 4.69) is 10.5 Å². The van der Waals surface area contributed by atoms with Gasteiger partial charge in [-0.1, -0.05) is 23.2 Å². The van der Waals surface area contributed by atoms with Gasteiger partial charge in [0.25, 0.3) is 0 Å². The van der Waals surface area contributed by atoms with E-state index in [4.69, 9.17) is 27.9 Å². The Labute approximate surface area is 133 Å². The number of phenolic OH excluding ortho intramolecular Hbond substituents is 1. The molecule has 0 aliphatic rings. The summed E-state index contributed by atoms with van der Waals surface area (Å²) in [5.74, 6) is 0.263. The maximum Gasteiger partial charge on any atom is 0.176 e. The molecular weight excluding hydrogens is 311 g/mol. The Morgan fingerprint density at radius 3 is 2.62 bits per heavy atom. The Morgan fingerprint density at radius 1 is 1.24 bits per heavy atom. The molecule has 0 bridgehead atoms. The zero-order valence-electron chi connectivity index (χ0n) is 11.3. The molecule has 6 heteroatoms. The molecule has 0 atom stereocenters. The fourth-order valence-electron chi connectivity index (χ4n) is 1.64. The molecule has 4 nitrogen and oxygen atoms in total. The molecule has 2 rings (SSSR count). The molecule has 0 heterocycles. The van der Waals surface area contributed by atoms with Gasteiger partial charge >= 0.3 is 0 Å². The normalized spacial score (nSPS) is 10.8. The largest absolute Gasteiger partial charge is 0.503 e.